The van der Waals surface area contributed by atoms with Gasteiger partial charge in [-0.3, -0.25) is 71.9 Å². The number of fused-ring (bicyclic) bond motifs is 4. The van der Waals surface area contributed by atoms with Crippen molar-refractivity contribution in [1.29, 1.82) is 0 Å². The van der Waals surface area contributed by atoms with Crippen LogP contribution in [0.5, 0.6) is 11.5 Å². The van der Waals surface area contributed by atoms with Crippen LogP contribution in [0.15, 0.2) is 152 Å². The number of ketones is 2. The first-order valence-corrected chi connectivity index (χ1v) is 48.1. The highest BCUT2D eigenvalue weighted by Crippen LogP contribution is 2.32. The van der Waals surface area contributed by atoms with Gasteiger partial charge in [0.25, 0.3) is 0 Å². The minimum absolute atomic E-state index is 0.000522. The van der Waals surface area contributed by atoms with Crippen molar-refractivity contribution in [2.24, 2.45) is 23.5 Å². The van der Waals surface area contributed by atoms with E-state index < -0.39 is 233 Å². The van der Waals surface area contributed by atoms with Gasteiger partial charge in [-0.2, -0.15) is 0 Å². The molecule has 0 unspecified atom stereocenters. The van der Waals surface area contributed by atoms with Gasteiger partial charge in [-0.1, -0.05) is 151 Å². The summed E-state index contributed by atoms with van der Waals surface area (Å²) in [6.07, 6.45) is 0.517. The molecule has 32 nitrogen and oxygen atoms in total. The lowest BCUT2D eigenvalue weighted by atomic mass is 9.86. The van der Waals surface area contributed by atoms with Gasteiger partial charge in [0.15, 0.2) is 29.0 Å². The van der Waals surface area contributed by atoms with Crippen LogP contribution in [0.4, 0.5) is 13.2 Å². The molecule has 0 saturated carbocycles. The van der Waals surface area contributed by atoms with Crippen LogP contribution in [-0.4, -0.2) is 271 Å². The number of phenols is 2. The van der Waals surface area contributed by atoms with Gasteiger partial charge < -0.3 is 87.5 Å². The SMILES string of the molecule is CCCC[C@H]1C(=O)N2CCC[C@@H]2C(=O)N2CCNC[C@H]2C(=O)C[C@@H](C(C)C)C(=O)N(C)[C@@H](Cc2ccccc2)C(=O)N[C@@H](Cc2ccc(O)cc2)C(=O)N2CCCC[C@@H]2C(=O)N[C@@H](Cc2c[nH]c3ccccc23)C(=O)N[C@@H](Cc2ccc(O)cc2)C(=O)N[C@@H](CC(C)C)C(=O)N[C@H](C(=O)CCC(N)=O)CSCC(=O)N[C@@H](Cc2cc(F)c(F)c(F)c2)C(=O)N(C)[C@@H](Cc2ccccc2)C(=O)N1C. The topological polar surface area (TPSA) is 442 Å². The minimum Gasteiger partial charge on any atom is -0.508 e. The molecule has 137 heavy (non-hydrogen) atoms. The third-order valence-corrected chi connectivity index (χ3v) is 27.1. The van der Waals surface area contributed by atoms with E-state index in [0.29, 0.717) is 83.0 Å². The number of amides is 13. The highest BCUT2D eigenvalue weighted by Gasteiger charge is 2.48. The number of Topliss-reactive ketones (excluding diaryl/α,β-unsaturated/α-hetero) is 2. The van der Waals surface area contributed by atoms with Gasteiger partial charge in [0, 0.05) is 140 Å². The number of likely N-dealkylation sites (N-methyl/N-ethyl adjacent to an activating group) is 3. The van der Waals surface area contributed by atoms with Gasteiger partial charge in [-0.05, 0) is 133 Å². The molecule has 4 aliphatic heterocycles. The lowest BCUT2D eigenvalue weighted by Crippen LogP contribution is -2.63. The van der Waals surface area contributed by atoms with E-state index in [1.54, 1.807) is 131 Å². The number of nitrogens with two attached hydrogens (primary N) is 1. The quantitative estimate of drug-likeness (QED) is 0.0329. The highest BCUT2D eigenvalue weighted by molar-refractivity contribution is 8.00. The van der Waals surface area contributed by atoms with Gasteiger partial charge in [-0.15, -0.1) is 11.8 Å². The van der Waals surface area contributed by atoms with Crippen LogP contribution in [0.3, 0.4) is 0 Å². The predicted molar refractivity (Wildman–Crippen MR) is 507 cm³/mol. The molecule has 0 aliphatic carbocycles. The van der Waals surface area contributed by atoms with Crippen molar-refractivity contribution in [3.63, 3.8) is 0 Å². The van der Waals surface area contributed by atoms with Crippen molar-refractivity contribution in [3.05, 3.63) is 203 Å². The number of aromatic hydroxyl groups is 2. The van der Waals surface area contributed by atoms with Crippen molar-refractivity contribution in [2.45, 2.75) is 223 Å². The predicted octanol–water partition coefficient (Wildman–Crippen LogP) is 6.36. The number of nitrogens with one attached hydrogen (secondary N) is 8. The first kappa shape index (κ1) is 104. The fourth-order valence-corrected chi connectivity index (χ4v) is 19.2. The molecule has 0 bridgehead atoms. The molecule has 0 radical (unpaired) electrons. The standard InChI is InChI=1S/C101H126F3N15O17S/c1-9-10-28-81-100(135)118-43-21-30-82(118)101(136)119-44-41-106-56-85(119)87(123)54-70(60(4)5)96(131)115(7)83(51-61-22-13-11-14-23-61)95(130)112-78(49-64-33-37-68(121)38-34-64)98(133)117-42-20-19-29-80(117)94(129)111-76(53-66-55-107-73-27-18-17-26-69(66)73)93(128)110-75(48-63-31-35-67(120)36-32-63)92(127)109-74(45-59(2)3)91(126)113-79(86(122)39-40-88(105)124)57-137-58-89(125)108-77(50-65-46-71(102)90(104)72(103)47-65)97(132)116(8)84(99(134)114(81)6)52-62-24-15-12-16-25-62/h11-18,22-27,31-38,46-47,55,59-60,70,74-85,106-107,120-121H,9-10,19-21,28-30,39-45,48-54,56-58H2,1-8H3,(H2,105,124)(H,108,125)(H,109,127)(H,110,128)(H,111,129)(H,112,130)(H,113,126)/t70-,74-,75-,76-,77-,78-,79-,80+,81-,82+,83-,84-,85-/m0/s1. The molecule has 1 aromatic heterocycles. The van der Waals surface area contributed by atoms with E-state index in [1.165, 1.54) is 82.0 Å². The number of para-hydroxylation sites is 1. The number of unbranched alkanes of at least 4 members (excludes halogenated alkanes) is 1. The second-order valence-corrected chi connectivity index (χ2v) is 37.8. The van der Waals surface area contributed by atoms with E-state index in [2.05, 4.69) is 42.2 Å². The third kappa shape index (κ3) is 27.9. The van der Waals surface area contributed by atoms with Crippen LogP contribution in [0.2, 0.25) is 0 Å². The number of hydrogen-bond acceptors (Lipinski definition) is 19. The Balaban J connectivity index is 0.991. The van der Waals surface area contributed by atoms with E-state index in [1.807, 2.05) is 6.92 Å². The van der Waals surface area contributed by atoms with E-state index in [9.17, 15) is 29.0 Å². The van der Waals surface area contributed by atoms with Crippen molar-refractivity contribution < 1.29 is 95.3 Å². The number of piperidine rings is 1. The van der Waals surface area contributed by atoms with Gasteiger partial charge >= 0.3 is 0 Å². The van der Waals surface area contributed by atoms with Crippen molar-refractivity contribution >= 4 is 111 Å². The molecule has 13 amide bonds. The number of carbonyl (C=O) groups excluding carboxylic acids is 15. The maximum atomic E-state index is 16.0. The highest BCUT2D eigenvalue weighted by atomic mass is 32.2. The van der Waals surface area contributed by atoms with Crippen LogP contribution >= 0.6 is 11.8 Å². The molecular weight excluding hydrogens is 1780 g/mol. The summed E-state index contributed by atoms with van der Waals surface area (Å²) in [6.45, 7) is 9.05. The number of nitrogens with zero attached hydrogens (tertiary/aromatic N) is 6. The normalized spacial score (nSPS) is 24.0. The number of piperazine rings is 1. The molecule has 36 heteroatoms. The average Bonchev–Trinajstić information content (AvgIpc) is 0.831. The zero-order valence-corrected chi connectivity index (χ0v) is 79.4. The van der Waals surface area contributed by atoms with Gasteiger partial charge in [0.2, 0.25) is 76.8 Å². The van der Waals surface area contributed by atoms with Gasteiger partial charge in [-0.25, -0.2) is 13.2 Å². The van der Waals surface area contributed by atoms with Crippen LogP contribution < -0.4 is 43.0 Å². The molecule has 11 rings (SSSR count). The van der Waals surface area contributed by atoms with E-state index in [4.69, 9.17) is 5.73 Å². The largest absolute Gasteiger partial charge is 0.508 e. The number of carbonyl (C=O) groups is 15. The summed E-state index contributed by atoms with van der Waals surface area (Å²) in [7, 11) is 4.07. The molecule has 7 aromatic rings. The van der Waals surface area contributed by atoms with Crippen LogP contribution in [0, 0.1) is 35.2 Å². The van der Waals surface area contributed by atoms with E-state index in [-0.39, 0.29) is 108 Å². The lowest BCUT2D eigenvalue weighted by Gasteiger charge is -2.41. The first-order chi connectivity index (χ1) is 65.5. The van der Waals surface area contributed by atoms with Gasteiger partial charge in [0.05, 0.1) is 11.8 Å². The summed E-state index contributed by atoms with van der Waals surface area (Å²) in [5.41, 5.74) is 8.40. The zero-order chi connectivity index (χ0) is 99.0. The first-order valence-electron chi connectivity index (χ1n) is 46.9. The Hall–Kier alpha value is -13.0. The molecule has 734 valence electrons. The Labute approximate surface area is 799 Å². The average molecular weight is 1910 g/mol. The van der Waals surface area contributed by atoms with Crippen molar-refractivity contribution in [3.8, 4) is 11.5 Å². The molecule has 4 fully saturated rings. The minimum atomic E-state index is -1.83. The second kappa shape index (κ2) is 49.2. The molecule has 4 saturated heterocycles. The Morgan fingerprint density at radius 1 is 0.489 bits per heavy atom. The Kier molecular flexibility index (Phi) is 37.5. The lowest BCUT2D eigenvalue weighted by molar-refractivity contribution is -0.154. The Morgan fingerprint density at radius 3 is 1.63 bits per heavy atom. The van der Waals surface area contributed by atoms with E-state index >= 15 is 66.3 Å². The number of thioether (sulfide) groups is 1. The number of halogens is 3. The van der Waals surface area contributed by atoms with Crippen molar-refractivity contribution in [2.75, 3.05) is 65.4 Å². The van der Waals surface area contributed by atoms with Crippen LogP contribution in [0.25, 0.3) is 10.9 Å². The summed E-state index contributed by atoms with van der Waals surface area (Å²) in [4.78, 5) is 240. The number of primary amides is 1. The second-order valence-electron chi connectivity index (χ2n) is 36.8. The summed E-state index contributed by atoms with van der Waals surface area (Å²) in [6, 6.07) is 19.8. The molecule has 5 heterocycles. The smallest absolute Gasteiger partial charge is 0.246 e. The molecule has 4 aliphatic rings. The molecule has 13 atom stereocenters. The number of phenolic OH excluding ortho intramolecular Hbond substituents is 2. The summed E-state index contributed by atoms with van der Waals surface area (Å²) in [5.74, 6) is -20.4. The van der Waals surface area contributed by atoms with Crippen LogP contribution in [0.1, 0.15) is 145 Å². The molecule has 6 aromatic carbocycles. The summed E-state index contributed by atoms with van der Waals surface area (Å²) >= 11 is 0.747. The fourth-order valence-electron chi connectivity index (χ4n) is 18.3. The number of aromatic nitrogens is 1. The molecule has 12 N–H and O–H groups in total. The van der Waals surface area contributed by atoms with Gasteiger partial charge in [0.1, 0.15) is 78.0 Å². The maximum absolute atomic E-state index is 16.0. The number of hydrogen-bond donors (Lipinski definition) is 11. The molecule has 0 spiro atoms. The van der Waals surface area contributed by atoms with E-state index in [0.717, 1.165) is 16.7 Å². The summed E-state index contributed by atoms with van der Waals surface area (Å²) < 4.78 is 45.3. The Bertz CT molecular complexity index is 5440. The maximum Gasteiger partial charge on any atom is 0.246 e. The number of aromatic amines is 1. The number of benzene rings is 6. The number of rotatable bonds is 22. The monoisotopic (exact) mass is 1910 g/mol. The van der Waals surface area contributed by atoms with Crippen LogP contribution in [-0.2, 0) is 110 Å². The molecular formula is C101H126F3N15O17S. The third-order valence-electron chi connectivity index (χ3n) is 26.1. The number of H-pyrrole nitrogens is 1. The van der Waals surface area contributed by atoms with Crippen molar-refractivity contribution in [1.82, 2.24) is 71.6 Å². The summed E-state index contributed by atoms with van der Waals surface area (Å²) in [5, 5.41) is 41.7. The Morgan fingerprint density at radius 2 is 1.01 bits per heavy atom. The fraction of sp³-hybridized carbons (Fsp3) is 0.475. The zero-order valence-electron chi connectivity index (χ0n) is 78.6.